The number of aromatic nitrogens is 1. The van der Waals surface area contributed by atoms with Gasteiger partial charge in [-0.25, -0.2) is 4.98 Å². The maximum absolute atomic E-state index is 12.4. The molecule has 1 unspecified atom stereocenters. The van der Waals surface area contributed by atoms with Gasteiger partial charge in [0.25, 0.3) is 5.91 Å². The molecule has 0 spiro atoms. The number of likely N-dealkylation sites (tertiary alicyclic amines) is 1. The zero-order valence-corrected chi connectivity index (χ0v) is 14.1. The van der Waals surface area contributed by atoms with Gasteiger partial charge in [-0.05, 0) is 13.3 Å². The summed E-state index contributed by atoms with van der Waals surface area (Å²) in [5, 5.41) is 4.00. The maximum Gasteiger partial charge on any atom is 0.263 e. The highest BCUT2D eigenvalue weighted by atomic mass is 32.1. The third-order valence-corrected chi connectivity index (χ3v) is 5.19. The van der Waals surface area contributed by atoms with Gasteiger partial charge in [0.1, 0.15) is 4.88 Å². The first-order chi connectivity index (χ1) is 9.68. The van der Waals surface area contributed by atoms with E-state index in [2.05, 4.69) is 31.1 Å². The SMILES string of the molecule is Cc1nc(C(C)(C)C)sc1C(=O)NC1CCC(=O)N(C)C1. The summed E-state index contributed by atoms with van der Waals surface area (Å²) in [6.45, 7) is 8.73. The van der Waals surface area contributed by atoms with Crippen LogP contribution in [0, 0.1) is 6.92 Å². The summed E-state index contributed by atoms with van der Waals surface area (Å²) in [6, 6.07) is 0.0276. The first-order valence-electron chi connectivity index (χ1n) is 7.21. The molecule has 1 N–H and O–H groups in total. The van der Waals surface area contributed by atoms with Gasteiger partial charge in [0.05, 0.1) is 10.7 Å². The fraction of sp³-hybridized carbons (Fsp3) is 0.667. The summed E-state index contributed by atoms with van der Waals surface area (Å²) >= 11 is 1.46. The van der Waals surface area contributed by atoms with E-state index in [1.54, 1.807) is 11.9 Å². The molecular formula is C15H23N3O2S. The molecule has 0 bridgehead atoms. The van der Waals surface area contributed by atoms with Crippen LogP contribution in [-0.2, 0) is 10.2 Å². The number of likely N-dealkylation sites (N-methyl/N-ethyl adjacent to an activating group) is 1. The minimum atomic E-state index is -0.0757. The molecule has 0 aromatic carbocycles. The molecule has 2 amide bonds. The number of amides is 2. The number of rotatable bonds is 2. The van der Waals surface area contributed by atoms with Gasteiger partial charge in [-0.3, -0.25) is 9.59 Å². The number of carbonyl (C=O) groups excluding carboxylic acids is 2. The van der Waals surface area contributed by atoms with Gasteiger partial charge in [-0.2, -0.15) is 0 Å². The normalized spacial score (nSPS) is 19.8. The molecule has 5 nitrogen and oxygen atoms in total. The quantitative estimate of drug-likeness (QED) is 0.910. The molecule has 21 heavy (non-hydrogen) atoms. The Kier molecular flexibility index (Phi) is 4.37. The molecule has 0 radical (unpaired) electrons. The van der Waals surface area contributed by atoms with Crippen molar-refractivity contribution in [3.8, 4) is 0 Å². The summed E-state index contributed by atoms with van der Waals surface area (Å²) < 4.78 is 0. The monoisotopic (exact) mass is 309 g/mol. The number of hydrogen-bond donors (Lipinski definition) is 1. The molecule has 1 aromatic heterocycles. The Labute approximate surface area is 129 Å². The average molecular weight is 309 g/mol. The van der Waals surface area contributed by atoms with Gasteiger partial charge < -0.3 is 10.2 Å². The van der Waals surface area contributed by atoms with Crippen molar-refractivity contribution in [1.82, 2.24) is 15.2 Å². The van der Waals surface area contributed by atoms with E-state index in [9.17, 15) is 9.59 Å². The molecule has 0 saturated carbocycles. The highest BCUT2D eigenvalue weighted by Crippen LogP contribution is 2.29. The van der Waals surface area contributed by atoms with E-state index in [4.69, 9.17) is 0 Å². The molecule has 1 fully saturated rings. The summed E-state index contributed by atoms with van der Waals surface area (Å²) in [7, 11) is 1.77. The Balaban J connectivity index is 2.07. The topological polar surface area (TPSA) is 62.3 Å². The van der Waals surface area contributed by atoms with Crippen LogP contribution in [-0.4, -0.2) is 41.3 Å². The molecular weight excluding hydrogens is 286 g/mol. The van der Waals surface area contributed by atoms with Crippen LogP contribution in [0.4, 0.5) is 0 Å². The van der Waals surface area contributed by atoms with E-state index >= 15 is 0 Å². The third kappa shape index (κ3) is 3.61. The zero-order valence-electron chi connectivity index (χ0n) is 13.3. The number of piperidine rings is 1. The summed E-state index contributed by atoms with van der Waals surface area (Å²) in [5.74, 6) is 0.0673. The van der Waals surface area contributed by atoms with Crippen LogP contribution in [0.1, 0.15) is 54.0 Å². The van der Waals surface area contributed by atoms with E-state index in [1.807, 2.05) is 6.92 Å². The first-order valence-corrected chi connectivity index (χ1v) is 8.03. The van der Waals surface area contributed by atoms with Crippen LogP contribution >= 0.6 is 11.3 Å². The van der Waals surface area contributed by atoms with Crippen molar-refractivity contribution in [3.63, 3.8) is 0 Å². The molecule has 116 valence electrons. The fourth-order valence-corrected chi connectivity index (χ4v) is 3.34. The molecule has 1 aliphatic rings. The maximum atomic E-state index is 12.4. The van der Waals surface area contributed by atoms with Gasteiger partial charge in [0.2, 0.25) is 5.91 Å². The largest absolute Gasteiger partial charge is 0.347 e. The molecule has 1 aromatic rings. The Morgan fingerprint density at radius 1 is 1.43 bits per heavy atom. The summed E-state index contributed by atoms with van der Waals surface area (Å²) in [6.07, 6.45) is 1.20. The van der Waals surface area contributed by atoms with Gasteiger partial charge >= 0.3 is 0 Å². The van der Waals surface area contributed by atoms with Crippen molar-refractivity contribution in [2.24, 2.45) is 0 Å². The number of nitrogens with one attached hydrogen (secondary N) is 1. The van der Waals surface area contributed by atoms with E-state index in [0.29, 0.717) is 24.3 Å². The van der Waals surface area contributed by atoms with E-state index < -0.39 is 0 Å². The number of aryl methyl sites for hydroxylation is 1. The second-order valence-corrected chi connectivity index (χ2v) is 7.67. The van der Waals surface area contributed by atoms with Gasteiger partial charge in [-0.15, -0.1) is 11.3 Å². The van der Waals surface area contributed by atoms with Gasteiger partial charge in [-0.1, -0.05) is 20.8 Å². The summed E-state index contributed by atoms with van der Waals surface area (Å²) in [4.78, 5) is 30.8. The number of nitrogens with zero attached hydrogens (tertiary/aromatic N) is 2. The second-order valence-electron chi connectivity index (χ2n) is 6.67. The molecule has 6 heteroatoms. The lowest BCUT2D eigenvalue weighted by atomic mass is 9.98. The smallest absolute Gasteiger partial charge is 0.263 e. The van der Waals surface area contributed by atoms with Crippen LogP contribution < -0.4 is 5.32 Å². The lowest BCUT2D eigenvalue weighted by Crippen LogP contribution is -2.48. The van der Waals surface area contributed by atoms with Gasteiger partial charge in [0.15, 0.2) is 0 Å². The number of hydrogen-bond acceptors (Lipinski definition) is 4. The van der Waals surface area contributed by atoms with Crippen molar-refractivity contribution in [2.45, 2.75) is 52.0 Å². The van der Waals surface area contributed by atoms with Crippen molar-refractivity contribution < 1.29 is 9.59 Å². The second kappa shape index (κ2) is 5.75. The number of thiazole rings is 1. The minimum absolute atomic E-state index is 0.0276. The standard InChI is InChI=1S/C15H23N3O2S/c1-9-12(21-14(16-9)15(2,3)4)13(20)17-10-6-7-11(19)18(5)8-10/h10H,6-8H2,1-5H3,(H,17,20). The van der Waals surface area contributed by atoms with Crippen molar-refractivity contribution in [2.75, 3.05) is 13.6 Å². The molecule has 0 aliphatic carbocycles. The fourth-order valence-electron chi connectivity index (χ4n) is 2.31. The Hall–Kier alpha value is -1.43. The Morgan fingerprint density at radius 3 is 2.62 bits per heavy atom. The van der Waals surface area contributed by atoms with E-state index in [-0.39, 0.29) is 23.3 Å². The Morgan fingerprint density at radius 2 is 2.10 bits per heavy atom. The van der Waals surface area contributed by atoms with Crippen LogP contribution in [0.3, 0.4) is 0 Å². The van der Waals surface area contributed by atoms with Crippen LogP contribution in [0.25, 0.3) is 0 Å². The van der Waals surface area contributed by atoms with Crippen LogP contribution in [0.5, 0.6) is 0 Å². The lowest BCUT2D eigenvalue weighted by Gasteiger charge is -2.30. The molecule has 2 heterocycles. The average Bonchev–Trinajstić information content (AvgIpc) is 2.76. The van der Waals surface area contributed by atoms with E-state index in [1.165, 1.54) is 11.3 Å². The van der Waals surface area contributed by atoms with Crippen molar-refractivity contribution in [1.29, 1.82) is 0 Å². The minimum Gasteiger partial charge on any atom is -0.347 e. The zero-order chi connectivity index (χ0) is 15.8. The van der Waals surface area contributed by atoms with E-state index in [0.717, 1.165) is 10.7 Å². The third-order valence-electron chi connectivity index (χ3n) is 3.61. The predicted molar refractivity (Wildman–Crippen MR) is 83.7 cm³/mol. The summed E-state index contributed by atoms with van der Waals surface area (Å²) in [5.41, 5.74) is 0.730. The highest BCUT2D eigenvalue weighted by molar-refractivity contribution is 7.14. The first kappa shape index (κ1) is 15.9. The predicted octanol–water partition coefficient (Wildman–Crippen LogP) is 2.10. The highest BCUT2D eigenvalue weighted by Gasteiger charge is 2.27. The molecule has 2 rings (SSSR count). The molecule has 1 aliphatic heterocycles. The van der Waals surface area contributed by atoms with Crippen LogP contribution in [0.2, 0.25) is 0 Å². The number of carbonyl (C=O) groups is 2. The Bertz CT molecular complexity index is 560. The van der Waals surface area contributed by atoms with Crippen LogP contribution in [0.15, 0.2) is 0 Å². The van der Waals surface area contributed by atoms with Crippen molar-refractivity contribution >= 4 is 23.2 Å². The molecule has 1 atom stereocenters. The van der Waals surface area contributed by atoms with Gasteiger partial charge in [0, 0.05) is 31.5 Å². The van der Waals surface area contributed by atoms with Crippen molar-refractivity contribution in [3.05, 3.63) is 15.6 Å². The lowest BCUT2D eigenvalue weighted by molar-refractivity contribution is -0.132. The molecule has 1 saturated heterocycles.